The fourth-order valence-electron chi connectivity index (χ4n) is 3.24. The van der Waals surface area contributed by atoms with Crippen LogP contribution in [0.25, 0.3) is 0 Å². The van der Waals surface area contributed by atoms with Gasteiger partial charge in [-0.05, 0) is 49.6 Å². The molecule has 0 radical (unpaired) electrons. The van der Waals surface area contributed by atoms with Crippen molar-refractivity contribution < 1.29 is 13.9 Å². The quantitative estimate of drug-likeness (QED) is 0.845. The first-order valence-electron chi connectivity index (χ1n) is 8.86. The van der Waals surface area contributed by atoms with Crippen LogP contribution in [0.15, 0.2) is 30.3 Å². The number of carbonyl (C=O) groups is 1. The minimum absolute atomic E-state index is 0.0506. The molecule has 1 aliphatic rings. The van der Waals surface area contributed by atoms with Crippen molar-refractivity contribution in [1.82, 2.24) is 15.5 Å². The van der Waals surface area contributed by atoms with E-state index < -0.39 is 5.82 Å². The normalized spacial score (nSPS) is 18.1. The van der Waals surface area contributed by atoms with Crippen molar-refractivity contribution in [2.45, 2.75) is 25.8 Å². The van der Waals surface area contributed by atoms with E-state index in [0.717, 1.165) is 19.4 Å². The number of amides is 1. The number of ether oxygens (including phenoxy) is 1. The van der Waals surface area contributed by atoms with Gasteiger partial charge in [-0.15, -0.1) is 10.2 Å². The molecule has 1 saturated heterocycles. The van der Waals surface area contributed by atoms with E-state index in [1.807, 2.05) is 11.8 Å². The lowest BCUT2D eigenvalue weighted by atomic mass is 9.96. The van der Waals surface area contributed by atoms with Crippen molar-refractivity contribution in [2.75, 3.05) is 25.1 Å². The Balaban J connectivity index is 1.63. The average molecular weight is 393 g/mol. The number of nitrogens with one attached hydrogen (secondary N) is 1. The molecule has 0 saturated carbocycles. The van der Waals surface area contributed by atoms with Gasteiger partial charge in [0.1, 0.15) is 0 Å². The number of nitrogens with zero attached hydrogens (tertiary/aromatic N) is 3. The van der Waals surface area contributed by atoms with E-state index >= 15 is 0 Å². The van der Waals surface area contributed by atoms with Crippen LogP contribution in [-0.2, 0) is 4.79 Å². The third kappa shape index (κ3) is 4.66. The van der Waals surface area contributed by atoms with Crippen molar-refractivity contribution in [2.24, 2.45) is 5.92 Å². The second-order valence-corrected chi connectivity index (χ2v) is 7.01. The Morgan fingerprint density at radius 2 is 2.19 bits per heavy atom. The number of benzene rings is 1. The minimum Gasteiger partial charge on any atom is -0.494 e. The average Bonchev–Trinajstić information content (AvgIpc) is 2.68. The summed E-state index contributed by atoms with van der Waals surface area (Å²) >= 11 is 5.78. The molecule has 1 fully saturated rings. The van der Waals surface area contributed by atoms with Crippen molar-refractivity contribution in [1.29, 1.82) is 0 Å². The van der Waals surface area contributed by atoms with Gasteiger partial charge in [0.2, 0.25) is 5.91 Å². The van der Waals surface area contributed by atoms with Gasteiger partial charge in [-0.2, -0.15) is 0 Å². The standard InChI is InChI=1S/C19H22ClFN4O2/c1-12(13-5-6-16(27-2)15(21)10-13)22-19(26)14-4-3-9-25(11-14)18-8-7-17(20)23-24-18/h5-8,10,12,14H,3-4,9,11H2,1-2H3,(H,22,26)/t12-,14+/m1/s1. The van der Waals surface area contributed by atoms with Crippen LogP contribution in [0.3, 0.4) is 0 Å². The molecule has 2 aromatic rings. The summed E-state index contributed by atoms with van der Waals surface area (Å²) in [5.74, 6) is 0.236. The number of rotatable bonds is 5. The van der Waals surface area contributed by atoms with Crippen LogP contribution in [0.1, 0.15) is 31.4 Å². The van der Waals surface area contributed by atoms with Crippen LogP contribution in [0, 0.1) is 11.7 Å². The van der Waals surface area contributed by atoms with Gasteiger partial charge < -0.3 is 15.0 Å². The van der Waals surface area contributed by atoms with Crippen LogP contribution >= 0.6 is 11.6 Å². The number of hydrogen-bond donors (Lipinski definition) is 1. The molecule has 8 heteroatoms. The van der Waals surface area contributed by atoms with Gasteiger partial charge in [0.15, 0.2) is 22.5 Å². The van der Waals surface area contributed by atoms with E-state index in [0.29, 0.717) is 23.1 Å². The van der Waals surface area contributed by atoms with Crippen LogP contribution < -0.4 is 15.0 Å². The molecule has 1 aromatic carbocycles. The predicted octanol–water partition coefficient (Wildman–Crippen LogP) is 3.37. The first-order valence-corrected chi connectivity index (χ1v) is 9.23. The Morgan fingerprint density at radius 3 is 2.85 bits per heavy atom. The molecule has 1 aliphatic heterocycles. The lowest BCUT2D eigenvalue weighted by molar-refractivity contribution is -0.125. The number of carbonyl (C=O) groups excluding carboxylic acids is 1. The summed E-state index contributed by atoms with van der Waals surface area (Å²) in [7, 11) is 1.42. The molecule has 27 heavy (non-hydrogen) atoms. The van der Waals surface area contributed by atoms with Crippen molar-refractivity contribution in [3.05, 3.63) is 46.9 Å². The molecule has 6 nitrogen and oxygen atoms in total. The molecule has 0 aliphatic carbocycles. The van der Waals surface area contributed by atoms with Gasteiger partial charge in [0.25, 0.3) is 0 Å². The monoisotopic (exact) mass is 392 g/mol. The summed E-state index contributed by atoms with van der Waals surface area (Å²) in [4.78, 5) is 14.7. The zero-order valence-corrected chi connectivity index (χ0v) is 16.0. The van der Waals surface area contributed by atoms with Gasteiger partial charge in [0.05, 0.1) is 19.1 Å². The number of piperidine rings is 1. The summed E-state index contributed by atoms with van der Waals surface area (Å²) in [5, 5.41) is 11.3. The first-order chi connectivity index (χ1) is 13.0. The zero-order valence-electron chi connectivity index (χ0n) is 15.3. The molecule has 0 unspecified atom stereocenters. The fraction of sp³-hybridized carbons (Fsp3) is 0.421. The molecule has 1 aromatic heterocycles. The van der Waals surface area contributed by atoms with Crippen LogP contribution in [0.5, 0.6) is 5.75 Å². The van der Waals surface area contributed by atoms with E-state index in [-0.39, 0.29) is 23.6 Å². The van der Waals surface area contributed by atoms with E-state index in [1.165, 1.54) is 13.2 Å². The van der Waals surface area contributed by atoms with E-state index in [9.17, 15) is 9.18 Å². The highest BCUT2D eigenvalue weighted by Crippen LogP contribution is 2.25. The lowest BCUT2D eigenvalue weighted by Gasteiger charge is -2.33. The van der Waals surface area contributed by atoms with Gasteiger partial charge >= 0.3 is 0 Å². The molecular weight excluding hydrogens is 371 g/mol. The number of hydrogen-bond acceptors (Lipinski definition) is 5. The maximum Gasteiger partial charge on any atom is 0.225 e. The SMILES string of the molecule is COc1ccc([C@@H](C)NC(=O)[C@H]2CCCN(c3ccc(Cl)nn3)C2)cc1F. The van der Waals surface area contributed by atoms with Crippen LogP contribution in [0.2, 0.25) is 5.15 Å². The summed E-state index contributed by atoms with van der Waals surface area (Å²) in [6.07, 6.45) is 1.68. The summed E-state index contributed by atoms with van der Waals surface area (Å²) < 4.78 is 18.8. The number of halogens is 2. The van der Waals surface area contributed by atoms with Crippen LogP contribution in [0.4, 0.5) is 10.2 Å². The van der Waals surface area contributed by atoms with Gasteiger partial charge in [0, 0.05) is 13.1 Å². The molecule has 1 amide bonds. The molecule has 0 spiro atoms. The molecule has 0 bridgehead atoms. The van der Waals surface area contributed by atoms with Gasteiger partial charge in [-0.25, -0.2) is 4.39 Å². The Kier molecular flexibility index (Phi) is 6.11. The molecule has 144 valence electrons. The van der Waals surface area contributed by atoms with Crippen molar-refractivity contribution in [3.63, 3.8) is 0 Å². The van der Waals surface area contributed by atoms with E-state index in [2.05, 4.69) is 15.5 Å². The number of methoxy groups -OCH3 is 1. The lowest BCUT2D eigenvalue weighted by Crippen LogP contribution is -2.44. The Labute approximate surface area is 162 Å². The highest BCUT2D eigenvalue weighted by molar-refractivity contribution is 6.29. The van der Waals surface area contributed by atoms with Gasteiger partial charge in [-0.3, -0.25) is 4.79 Å². The Bertz CT molecular complexity index is 803. The Morgan fingerprint density at radius 1 is 1.37 bits per heavy atom. The largest absolute Gasteiger partial charge is 0.494 e. The predicted molar refractivity (Wildman–Crippen MR) is 101 cm³/mol. The highest BCUT2D eigenvalue weighted by atomic mass is 35.5. The molecule has 2 heterocycles. The van der Waals surface area contributed by atoms with E-state index in [4.69, 9.17) is 16.3 Å². The van der Waals surface area contributed by atoms with Gasteiger partial charge in [-0.1, -0.05) is 17.7 Å². The van der Waals surface area contributed by atoms with Crippen molar-refractivity contribution in [3.8, 4) is 5.75 Å². The number of anilines is 1. The minimum atomic E-state index is -0.443. The molecule has 2 atom stereocenters. The summed E-state index contributed by atoms with van der Waals surface area (Å²) in [6.45, 7) is 3.22. The molecule has 1 N–H and O–H groups in total. The number of aromatic nitrogens is 2. The third-order valence-corrected chi connectivity index (χ3v) is 4.97. The Hall–Kier alpha value is -2.41. The third-order valence-electron chi connectivity index (χ3n) is 4.77. The fourth-order valence-corrected chi connectivity index (χ4v) is 3.34. The van der Waals surface area contributed by atoms with Crippen molar-refractivity contribution >= 4 is 23.3 Å². The van der Waals surface area contributed by atoms with Crippen LogP contribution in [-0.4, -0.2) is 36.3 Å². The second-order valence-electron chi connectivity index (χ2n) is 6.62. The highest BCUT2D eigenvalue weighted by Gasteiger charge is 2.27. The maximum atomic E-state index is 13.9. The smallest absolute Gasteiger partial charge is 0.225 e. The topological polar surface area (TPSA) is 67.3 Å². The second kappa shape index (κ2) is 8.52. The maximum absolute atomic E-state index is 13.9. The molecular formula is C19H22ClFN4O2. The molecule has 3 rings (SSSR count). The first kappa shape index (κ1) is 19.4. The summed E-state index contributed by atoms with van der Waals surface area (Å²) in [6, 6.07) is 7.90. The zero-order chi connectivity index (χ0) is 19.4. The van der Waals surface area contributed by atoms with E-state index in [1.54, 1.807) is 24.3 Å². The summed E-state index contributed by atoms with van der Waals surface area (Å²) in [5.41, 5.74) is 0.692.